The van der Waals surface area contributed by atoms with Gasteiger partial charge in [-0.1, -0.05) is 46.3 Å². The van der Waals surface area contributed by atoms with E-state index in [1.807, 2.05) is 30.3 Å². The highest BCUT2D eigenvalue weighted by Gasteiger charge is 2.32. The molecule has 1 amide bonds. The Hall–Kier alpha value is -1.89. The van der Waals surface area contributed by atoms with Crippen LogP contribution in [0.1, 0.15) is 19.4 Å². The predicted octanol–water partition coefficient (Wildman–Crippen LogP) is 1.60. The predicted molar refractivity (Wildman–Crippen MR) is 88.1 cm³/mol. The monoisotopic (exact) mass is 385 g/mol. The fourth-order valence-electron chi connectivity index (χ4n) is 1.81. The van der Waals surface area contributed by atoms with Crippen molar-refractivity contribution in [2.75, 3.05) is 13.2 Å². The largest absolute Gasteiger partial charge is 0.464 e. The van der Waals surface area contributed by atoms with Gasteiger partial charge >= 0.3 is 11.9 Å². The van der Waals surface area contributed by atoms with Crippen LogP contribution in [-0.4, -0.2) is 41.9 Å². The average molecular weight is 386 g/mol. The Kier molecular flexibility index (Phi) is 8.32. The van der Waals surface area contributed by atoms with Crippen molar-refractivity contribution in [3.8, 4) is 0 Å². The van der Waals surface area contributed by atoms with Crippen molar-refractivity contribution in [1.29, 1.82) is 0 Å². The summed E-state index contributed by atoms with van der Waals surface area (Å²) in [5, 5.41) is 2.37. The lowest BCUT2D eigenvalue weighted by Gasteiger charge is -2.18. The Balaban J connectivity index is 2.71. The molecule has 0 unspecified atom stereocenters. The van der Waals surface area contributed by atoms with Crippen LogP contribution in [0.15, 0.2) is 30.3 Å². The number of amides is 1. The number of halogens is 1. The minimum atomic E-state index is -1.46. The molecule has 0 aromatic heterocycles. The molecular formula is C16H20BrNO5. The van der Waals surface area contributed by atoms with Gasteiger partial charge in [-0.15, -0.1) is 0 Å². The minimum absolute atomic E-state index is 0.104. The van der Waals surface area contributed by atoms with Crippen molar-refractivity contribution in [2.45, 2.75) is 31.1 Å². The Morgan fingerprint density at radius 1 is 1.04 bits per heavy atom. The van der Waals surface area contributed by atoms with E-state index in [1.165, 1.54) is 0 Å². The first-order valence-electron chi connectivity index (χ1n) is 7.31. The molecule has 0 saturated heterocycles. The van der Waals surface area contributed by atoms with Gasteiger partial charge in [0.2, 0.25) is 11.9 Å². The number of esters is 2. The van der Waals surface area contributed by atoms with Crippen molar-refractivity contribution in [1.82, 2.24) is 5.32 Å². The molecule has 23 heavy (non-hydrogen) atoms. The van der Waals surface area contributed by atoms with Gasteiger partial charge in [-0.3, -0.25) is 4.79 Å². The lowest BCUT2D eigenvalue weighted by atomic mass is 10.1. The van der Waals surface area contributed by atoms with Crippen molar-refractivity contribution in [2.24, 2.45) is 0 Å². The molecule has 1 aromatic carbocycles. The summed E-state index contributed by atoms with van der Waals surface area (Å²) >= 11 is 3.27. The Bertz CT molecular complexity index is 517. The van der Waals surface area contributed by atoms with E-state index in [4.69, 9.17) is 9.47 Å². The van der Waals surface area contributed by atoms with E-state index < -0.39 is 28.7 Å². The number of carbonyl (C=O) groups is 3. The van der Waals surface area contributed by atoms with Crippen LogP contribution in [0.4, 0.5) is 0 Å². The topological polar surface area (TPSA) is 81.7 Å². The molecule has 0 spiro atoms. The van der Waals surface area contributed by atoms with Crippen LogP contribution in [0, 0.1) is 0 Å². The zero-order valence-electron chi connectivity index (χ0n) is 13.1. The summed E-state index contributed by atoms with van der Waals surface area (Å²) in [6, 6.07) is 7.92. The van der Waals surface area contributed by atoms with Gasteiger partial charge in [-0.2, -0.15) is 0 Å². The molecule has 0 radical (unpaired) electrons. The lowest BCUT2D eigenvalue weighted by Crippen LogP contribution is -2.50. The third kappa shape index (κ3) is 6.40. The zero-order valence-corrected chi connectivity index (χ0v) is 14.7. The quantitative estimate of drug-likeness (QED) is 0.417. The maximum atomic E-state index is 12.2. The second-order valence-corrected chi connectivity index (χ2v) is 5.71. The van der Waals surface area contributed by atoms with Gasteiger partial charge in [0.15, 0.2) is 0 Å². The first-order chi connectivity index (χ1) is 11.0. The molecule has 7 heteroatoms. The number of benzene rings is 1. The number of carbonyl (C=O) groups excluding carboxylic acids is 3. The highest BCUT2D eigenvalue weighted by atomic mass is 79.9. The molecule has 126 valence electrons. The molecule has 0 saturated carbocycles. The molecule has 6 nitrogen and oxygen atoms in total. The zero-order chi connectivity index (χ0) is 17.2. The molecule has 1 aromatic rings. The maximum Gasteiger partial charge on any atom is 0.340 e. The first-order valence-corrected chi connectivity index (χ1v) is 8.22. The summed E-state index contributed by atoms with van der Waals surface area (Å²) < 4.78 is 9.60. The van der Waals surface area contributed by atoms with Gasteiger partial charge in [-0.25, -0.2) is 9.59 Å². The van der Waals surface area contributed by atoms with E-state index in [9.17, 15) is 14.4 Å². The third-order valence-corrected chi connectivity index (χ3v) is 3.61. The van der Waals surface area contributed by atoms with Gasteiger partial charge in [0.25, 0.3) is 0 Å². The Labute approximate surface area is 143 Å². The fourth-order valence-corrected chi connectivity index (χ4v) is 2.32. The molecule has 1 N–H and O–H groups in total. The van der Waals surface area contributed by atoms with Crippen molar-refractivity contribution in [3.05, 3.63) is 35.9 Å². The maximum absolute atomic E-state index is 12.2. The Morgan fingerprint density at radius 2 is 1.57 bits per heavy atom. The summed E-state index contributed by atoms with van der Waals surface area (Å²) in [5.74, 6) is -2.16. The van der Waals surface area contributed by atoms with Gasteiger partial charge in [-0.05, 0) is 25.8 Å². The van der Waals surface area contributed by atoms with Crippen molar-refractivity contribution >= 4 is 33.8 Å². The molecule has 1 atom stereocenters. The van der Waals surface area contributed by atoms with Crippen LogP contribution in [0.2, 0.25) is 0 Å². The molecule has 0 fully saturated rings. The number of ether oxygens (including phenoxy) is 2. The van der Waals surface area contributed by atoms with Crippen LogP contribution >= 0.6 is 15.9 Å². The number of nitrogens with one attached hydrogen (secondary N) is 1. The molecule has 0 aliphatic rings. The summed E-state index contributed by atoms with van der Waals surface area (Å²) in [6.07, 6.45) is 0.422. The lowest BCUT2D eigenvalue weighted by molar-refractivity contribution is -0.159. The van der Waals surface area contributed by atoms with Crippen LogP contribution in [0.5, 0.6) is 0 Å². The second-order valence-electron chi connectivity index (χ2n) is 4.60. The van der Waals surface area contributed by atoms with Crippen LogP contribution in [0.25, 0.3) is 0 Å². The molecule has 0 aliphatic heterocycles. The van der Waals surface area contributed by atoms with Crippen molar-refractivity contribution in [3.63, 3.8) is 0 Å². The van der Waals surface area contributed by atoms with Crippen LogP contribution < -0.4 is 5.32 Å². The van der Waals surface area contributed by atoms with Gasteiger partial charge in [0, 0.05) is 0 Å². The van der Waals surface area contributed by atoms with Crippen LogP contribution in [0.3, 0.4) is 0 Å². The summed E-state index contributed by atoms with van der Waals surface area (Å²) in [6.45, 7) is 3.44. The van der Waals surface area contributed by atoms with Gasteiger partial charge in [0.05, 0.1) is 18.0 Å². The Morgan fingerprint density at radius 3 is 2.04 bits per heavy atom. The molecule has 0 heterocycles. The van der Waals surface area contributed by atoms with Gasteiger partial charge in [0.1, 0.15) is 0 Å². The van der Waals surface area contributed by atoms with Crippen molar-refractivity contribution < 1.29 is 23.9 Å². The summed E-state index contributed by atoms with van der Waals surface area (Å²) in [4.78, 5) is 35.3. The van der Waals surface area contributed by atoms with E-state index in [1.54, 1.807) is 13.8 Å². The molecule has 0 bridgehead atoms. The van der Waals surface area contributed by atoms with Gasteiger partial charge < -0.3 is 14.8 Å². The molecular weight excluding hydrogens is 366 g/mol. The number of alkyl halides is 1. The number of rotatable bonds is 8. The van der Waals surface area contributed by atoms with Crippen LogP contribution in [-0.2, 0) is 30.3 Å². The van der Waals surface area contributed by atoms with E-state index in [-0.39, 0.29) is 13.2 Å². The smallest absolute Gasteiger partial charge is 0.340 e. The first kappa shape index (κ1) is 19.2. The highest BCUT2D eigenvalue weighted by Crippen LogP contribution is 2.10. The van der Waals surface area contributed by atoms with E-state index in [2.05, 4.69) is 21.2 Å². The molecule has 0 aliphatic carbocycles. The normalized spacial score (nSPS) is 11.7. The molecule has 1 rings (SSSR count). The number of hydrogen-bond donors (Lipinski definition) is 1. The van der Waals surface area contributed by atoms with E-state index in [0.29, 0.717) is 6.42 Å². The second kappa shape index (κ2) is 9.99. The summed E-state index contributed by atoms with van der Waals surface area (Å²) in [5.41, 5.74) is 0.952. The third-order valence-electron chi connectivity index (χ3n) is 2.87. The SMILES string of the molecule is CCOC(=O)C(NC(=O)[C@H](Br)Cc1ccccc1)C(=O)OCC. The highest BCUT2D eigenvalue weighted by molar-refractivity contribution is 9.10. The standard InChI is InChI=1S/C16H20BrNO5/c1-3-22-15(20)13(16(21)23-4-2)18-14(19)12(17)10-11-8-6-5-7-9-11/h5-9,12-13H,3-4,10H2,1-2H3,(H,18,19)/t12-/m1/s1. The summed E-state index contributed by atoms with van der Waals surface area (Å²) in [7, 11) is 0. The van der Waals surface area contributed by atoms with E-state index >= 15 is 0 Å². The number of hydrogen-bond acceptors (Lipinski definition) is 5. The van der Waals surface area contributed by atoms with E-state index in [0.717, 1.165) is 5.56 Å². The average Bonchev–Trinajstić information content (AvgIpc) is 2.53. The minimum Gasteiger partial charge on any atom is -0.464 e. The fraction of sp³-hybridized carbons (Fsp3) is 0.438.